The van der Waals surface area contributed by atoms with Crippen molar-refractivity contribution in [2.45, 2.75) is 37.0 Å². The summed E-state index contributed by atoms with van der Waals surface area (Å²) in [4.78, 5) is 8.09. The molecule has 0 spiro atoms. The third-order valence-electron chi connectivity index (χ3n) is 2.02. The lowest BCUT2D eigenvalue weighted by Gasteiger charge is -2.11. The zero-order chi connectivity index (χ0) is 10.9. The van der Waals surface area contributed by atoms with Crippen LogP contribution in [0.1, 0.15) is 26.7 Å². The van der Waals surface area contributed by atoms with Gasteiger partial charge in [-0.15, -0.1) is 11.8 Å². The van der Waals surface area contributed by atoms with Crippen LogP contribution in [-0.4, -0.2) is 28.3 Å². The van der Waals surface area contributed by atoms with Gasteiger partial charge in [-0.2, -0.15) is 0 Å². The summed E-state index contributed by atoms with van der Waals surface area (Å²) in [7, 11) is 0. The van der Waals surface area contributed by atoms with Crippen molar-refractivity contribution in [2.24, 2.45) is 0 Å². The summed E-state index contributed by atoms with van der Waals surface area (Å²) in [5.41, 5.74) is 0. The highest BCUT2D eigenvalue weighted by Gasteiger charge is 2.03. The second kappa shape index (κ2) is 7.65. The topological polar surface area (TPSA) is 37.8 Å². The molecular formula is C11H19N3S. The van der Waals surface area contributed by atoms with Gasteiger partial charge in [0, 0.05) is 18.0 Å². The molecule has 0 saturated carbocycles. The molecule has 0 aliphatic rings. The van der Waals surface area contributed by atoms with E-state index < -0.39 is 0 Å². The molecule has 84 valence electrons. The van der Waals surface area contributed by atoms with Gasteiger partial charge < -0.3 is 5.32 Å². The van der Waals surface area contributed by atoms with E-state index >= 15 is 0 Å². The van der Waals surface area contributed by atoms with Crippen molar-refractivity contribution < 1.29 is 0 Å². The predicted octanol–water partition coefficient (Wildman–Crippen LogP) is 2.35. The van der Waals surface area contributed by atoms with Crippen molar-refractivity contribution in [3.05, 3.63) is 18.6 Å². The molecule has 3 nitrogen and oxygen atoms in total. The monoisotopic (exact) mass is 225 g/mol. The van der Waals surface area contributed by atoms with Crippen LogP contribution in [0.5, 0.6) is 0 Å². The van der Waals surface area contributed by atoms with Crippen molar-refractivity contribution in [3.8, 4) is 0 Å². The molecule has 1 heterocycles. The molecule has 15 heavy (non-hydrogen) atoms. The number of unbranched alkanes of at least 4 members (excludes halogenated alkanes) is 1. The largest absolute Gasteiger partial charge is 0.316 e. The number of thioether (sulfide) groups is 1. The van der Waals surface area contributed by atoms with Gasteiger partial charge in [0.15, 0.2) is 0 Å². The van der Waals surface area contributed by atoms with Crippen LogP contribution in [0.4, 0.5) is 0 Å². The average Bonchev–Trinajstić information content (AvgIpc) is 2.26. The van der Waals surface area contributed by atoms with Gasteiger partial charge in [0.2, 0.25) is 0 Å². The Labute approximate surface area is 96.1 Å². The molecule has 0 aliphatic carbocycles. The minimum absolute atomic E-state index is 0.553. The molecule has 1 atom stereocenters. The smallest absolute Gasteiger partial charge is 0.116 e. The minimum atomic E-state index is 0.553. The van der Waals surface area contributed by atoms with Gasteiger partial charge in [-0.05, 0) is 19.0 Å². The molecule has 0 aromatic carbocycles. The summed E-state index contributed by atoms with van der Waals surface area (Å²) in [6.45, 7) is 6.58. The standard InChI is InChI=1S/C11H19N3S/c1-3-4-6-12-8-10(2)15-11-5-7-13-9-14-11/h5,7,9-10,12H,3-4,6,8H2,1-2H3. The van der Waals surface area contributed by atoms with E-state index in [2.05, 4.69) is 29.1 Å². The van der Waals surface area contributed by atoms with Crippen LogP contribution in [-0.2, 0) is 0 Å². The van der Waals surface area contributed by atoms with Crippen LogP contribution in [0.25, 0.3) is 0 Å². The molecule has 0 amide bonds. The van der Waals surface area contributed by atoms with E-state index in [4.69, 9.17) is 0 Å². The van der Waals surface area contributed by atoms with Crippen molar-refractivity contribution in [2.75, 3.05) is 13.1 Å². The van der Waals surface area contributed by atoms with Gasteiger partial charge in [-0.3, -0.25) is 0 Å². The first-order valence-corrected chi connectivity index (χ1v) is 6.34. The van der Waals surface area contributed by atoms with Crippen LogP contribution < -0.4 is 5.32 Å². The van der Waals surface area contributed by atoms with Crippen LogP contribution in [0.3, 0.4) is 0 Å². The van der Waals surface area contributed by atoms with Gasteiger partial charge in [-0.25, -0.2) is 9.97 Å². The molecule has 0 radical (unpaired) electrons. The quantitative estimate of drug-likeness (QED) is 0.439. The molecule has 0 bridgehead atoms. The number of nitrogens with one attached hydrogen (secondary N) is 1. The molecule has 1 rings (SSSR count). The lowest BCUT2D eigenvalue weighted by molar-refractivity contribution is 0.638. The van der Waals surface area contributed by atoms with Gasteiger partial charge in [0.1, 0.15) is 6.33 Å². The maximum Gasteiger partial charge on any atom is 0.116 e. The highest BCUT2D eigenvalue weighted by atomic mass is 32.2. The second-order valence-electron chi connectivity index (χ2n) is 3.53. The molecule has 0 aliphatic heterocycles. The van der Waals surface area contributed by atoms with Crippen molar-refractivity contribution in [3.63, 3.8) is 0 Å². The Kier molecular flexibility index (Phi) is 6.36. The fourth-order valence-corrected chi connectivity index (χ4v) is 2.06. The van der Waals surface area contributed by atoms with Crippen molar-refractivity contribution in [1.29, 1.82) is 0 Å². The third-order valence-corrected chi connectivity index (χ3v) is 3.07. The first-order valence-electron chi connectivity index (χ1n) is 5.46. The highest BCUT2D eigenvalue weighted by Crippen LogP contribution is 2.18. The summed E-state index contributed by atoms with van der Waals surface area (Å²) < 4.78 is 0. The zero-order valence-corrected chi connectivity index (χ0v) is 10.3. The van der Waals surface area contributed by atoms with E-state index in [-0.39, 0.29) is 0 Å². The lowest BCUT2D eigenvalue weighted by atomic mass is 10.3. The number of rotatable bonds is 7. The van der Waals surface area contributed by atoms with Crippen molar-refractivity contribution in [1.82, 2.24) is 15.3 Å². The molecular weight excluding hydrogens is 206 g/mol. The number of hydrogen-bond acceptors (Lipinski definition) is 4. The Morgan fingerprint density at radius 3 is 3.07 bits per heavy atom. The Balaban J connectivity index is 2.16. The van der Waals surface area contributed by atoms with E-state index in [0.29, 0.717) is 5.25 Å². The van der Waals surface area contributed by atoms with Crippen LogP contribution in [0, 0.1) is 0 Å². The Morgan fingerprint density at radius 1 is 1.53 bits per heavy atom. The van der Waals surface area contributed by atoms with E-state index in [1.807, 2.05) is 6.07 Å². The van der Waals surface area contributed by atoms with Gasteiger partial charge >= 0.3 is 0 Å². The van der Waals surface area contributed by atoms with E-state index in [9.17, 15) is 0 Å². The molecule has 1 N–H and O–H groups in total. The summed E-state index contributed by atoms with van der Waals surface area (Å²) in [5, 5.41) is 5.05. The molecule has 0 saturated heterocycles. The van der Waals surface area contributed by atoms with Crippen LogP contribution >= 0.6 is 11.8 Å². The normalized spacial score (nSPS) is 12.7. The fraction of sp³-hybridized carbons (Fsp3) is 0.636. The maximum atomic E-state index is 4.19. The molecule has 4 heteroatoms. The van der Waals surface area contributed by atoms with Crippen LogP contribution in [0.2, 0.25) is 0 Å². The fourth-order valence-electron chi connectivity index (χ4n) is 1.20. The van der Waals surface area contributed by atoms with E-state index in [1.54, 1.807) is 24.3 Å². The summed E-state index contributed by atoms with van der Waals surface area (Å²) >= 11 is 1.79. The first-order chi connectivity index (χ1) is 7.33. The minimum Gasteiger partial charge on any atom is -0.316 e. The molecule has 1 aromatic rings. The summed E-state index contributed by atoms with van der Waals surface area (Å²) in [5.74, 6) is 0. The Hall–Kier alpha value is -0.610. The van der Waals surface area contributed by atoms with Gasteiger partial charge in [-0.1, -0.05) is 20.3 Å². The summed E-state index contributed by atoms with van der Waals surface area (Å²) in [6.07, 6.45) is 5.89. The number of aromatic nitrogens is 2. The average molecular weight is 225 g/mol. The Morgan fingerprint density at radius 2 is 2.40 bits per heavy atom. The second-order valence-corrected chi connectivity index (χ2v) is 4.99. The highest BCUT2D eigenvalue weighted by molar-refractivity contribution is 7.99. The number of hydrogen-bond donors (Lipinski definition) is 1. The third kappa shape index (κ3) is 5.74. The Bertz CT molecular complexity index is 253. The van der Waals surface area contributed by atoms with Gasteiger partial charge in [0.25, 0.3) is 0 Å². The summed E-state index contributed by atoms with van der Waals surface area (Å²) in [6, 6.07) is 1.95. The van der Waals surface area contributed by atoms with Crippen molar-refractivity contribution >= 4 is 11.8 Å². The maximum absolute atomic E-state index is 4.19. The zero-order valence-electron chi connectivity index (χ0n) is 9.44. The predicted molar refractivity (Wildman–Crippen MR) is 65.1 cm³/mol. The van der Waals surface area contributed by atoms with Gasteiger partial charge in [0.05, 0.1) is 5.03 Å². The van der Waals surface area contributed by atoms with Crippen LogP contribution in [0.15, 0.2) is 23.6 Å². The first kappa shape index (κ1) is 12.5. The van der Waals surface area contributed by atoms with E-state index in [0.717, 1.165) is 18.1 Å². The molecule has 0 fully saturated rings. The SMILES string of the molecule is CCCCNCC(C)Sc1ccncn1. The molecule has 1 unspecified atom stereocenters. The lowest BCUT2D eigenvalue weighted by Crippen LogP contribution is -2.23. The molecule has 1 aromatic heterocycles. The van der Waals surface area contributed by atoms with E-state index in [1.165, 1.54) is 12.8 Å². The number of nitrogens with zero attached hydrogens (tertiary/aromatic N) is 2.